The lowest BCUT2D eigenvalue weighted by Gasteiger charge is -2.11. The molecule has 2 N–H and O–H groups in total. The number of aromatic nitrogens is 1. The summed E-state index contributed by atoms with van der Waals surface area (Å²) in [5.41, 5.74) is 5.22. The Morgan fingerprint density at radius 2 is 2.07 bits per heavy atom. The van der Waals surface area contributed by atoms with Crippen molar-refractivity contribution in [3.8, 4) is 5.75 Å². The van der Waals surface area contributed by atoms with E-state index in [1.165, 1.54) is 0 Å². The zero-order valence-electron chi connectivity index (χ0n) is 6.40. The SMILES string of the molecule is Nc1nc(Br)cc(OC(F)(F)F)c1Cl. The van der Waals surface area contributed by atoms with Crippen LogP contribution in [0.5, 0.6) is 5.75 Å². The highest BCUT2D eigenvalue weighted by atomic mass is 79.9. The van der Waals surface area contributed by atoms with Gasteiger partial charge in [-0.3, -0.25) is 0 Å². The normalized spacial score (nSPS) is 11.5. The first kappa shape index (κ1) is 11.4. The van der Waals surface area contributed by atoms with Gasteiger partial charge in [0.05, 0.1) is 0 Å². The maximum Gasteiger partial charge on any atom is 0.573 e. The van der Waals surface area contributed by atoms with Crippen molar-refractivity contribution in [2.45, 2.75) is 6.36 Å². The molecule has 0 aliphatic heterocycles. The van der Waals surface area contributed by atoms with Gasteiger partial charge in [-0.1, -0.05) is 11.6 Å². The predicted octanol–water partition coefficient (Wildman–Crippen LogP) is 2.98. The first-order chi connectivity index (χ1) is 6.29. The Kier molecular flexibility index (Phi) is 3.10. The van der Waals surface area contributed by atoms with Gasteiger partial charge in [0.2, 0.25) is 0 Å². The Labute approximate surface area is 90.1 Å². The third-order valence-electron chi connectivity index (χ3n) is 1.14. The number of nitrogens with two attached hydrogens (primary N) is 1. The molecule has 1 heterocycles. The lowest BCUT2D eigenvalue weighted by molar-refractivity contribution is -0.274. The van der Waals surface area contributed by atoms with Crippen molar-refractivity contribution in [2.75, 3.05) is 5.73 Å². The van der Waals surface area contributed by atoms with E-state index in [9.17, 15) is 13.2 Å². The highest BCUT2D eigenvalue weighted by Crippen LogP contribution is 2.34. The lowest BCUT2D eigenvalue weighted by atomic mass is 10.4. The summed E-state index contributed by atoms with van der Waals surface area (Å²) in [5, 5.41) is -0.370. The van der Waals surface area contributed by atoms with E-state index in [1.807, 2.05) is 0 Å². The molecule has 0 aliphatic rings. The molecule has 0 amide bonds. The van der Waals surface area contributed by atoms with Crippen LogP contribution in [0.25, 0.3) is 0 Å². The molecule has 0 spiro atoms. The number of ether oxygens (including phenoxy) is 1. The number of halogens is 5. The van der Waals surface area contributed by atoms with E-state index in [-0.39, 0.29) is 15.4 Å². The summed E-state index contributed by atoms with van der Waals surface area (Å²) in [6.45, 7) is 0. The van der Waals surface area contributed by atoms with Crippen LogP contribution < -0.4 is 10.5 Å². The van der Waals surface area contributed by atoms with Crippen LogP contribution in [0, 0.1) is 0 Å². The van der Waals surface area contributed by atoms with E-state index in [0.717, 1.165) is 6.07 Å². The number of alkyl halides is 3. The Hall–Kier alpha value is -0.690. The van der Waals surface area contributed by atoms with Crippen LogP contribution in [-0.4, -0.2) is 11.3 Å². The van der Waals surface area contributed by atoms with E-state index in [0.29, 0.717) is 0 Å². The smallest absolute Gasteiger partial charge is 0.404 e. The highest BCUT2D eigenvalue weighted by Gasteiger charge is 2.32. The van der Waals surface area contributed by atoms with Crippen molar-refractivity contribution in [3.05, 3.63) is 15.7 Å². The van der Waals surface area contributed by atoms with Crippen molar-refractivity contribution in [2.24, 2.45) is 0 Å². The maximum absolute atomic E-state index is 11.8. The topological polar surface area (TPSA) is 48.1 Å². The molecule has 0 bridgehead atoms. The van der Waals surface area contributed by atoms with Crippen molar-refractivity contribution < 1.29 is 17.9 Å². The van der Waals surface area contributed by atoms with Crippen LogP contribution in [-0.2, 0) is 0 Å². The largest absolute Gasteiger partial charge is 0.573 e. The molecule has 1 rings (SSSR count). The van der Waals surface area contributed by atoms with E-state index >= 15 is 0 Å². The van der Waals surface area contributed by atoms with Crippen molar-refractivity contribution in [1.29, 1.82) is 0 Å². The monoisotopic (exact) mass is 290 g/mol. The van der Waals surface area contributed by atoms with Crippen LogP contribution in [0.4, 0.5) is 19.0 Å². The van der Waals surface area contributed by atoms with Crippen molar-refractivity contribution in [3.63, 3.8) is 0 Å². The van der Waals surface area contributed by atoms with Gasteiger partial charge in [-0.05, 0) is 15.9 Å². The molecule has 0 saturated carbocycles. The molecule has 78 valence electrons. The van der Waals surface area contributed by atoms with E-state index in [4.69, 9.17) is 17.3 Å². The number of nitrogen functional groups attached to an aromatic ring is 1. The molecule has 0 atom stereocenters. The minimum Gasteiger partial charge on any atom is -0.404 e. The highest BCUT2D eigenvalue weighted by molar-refractivity contribution is 9.10. The molecule has 3 nitrogen and oxygen atoms in total. The average molecular weight is 291 g/mol. The molecule has 0 saturated heterocycles. The number of pyridine rings is 1. The molecule has 0 aromatic carbocycles. The summed E-state index contributed by atoms with van der Waals surface area (Å²) in [5.74, 6) is -0.821. The fraction of sp³-hybridized carbons (Fsp3) is 0.167. The number of anilines is 1. The fourth-order valence-corrected chi connectivity index (χ4v) is 1.23. The van der Waals surface area contributed by atoms with Gasteiger partial charge >= 0.3 is 6.36 Å². The van der Waals surface area contributed by atoms with Gasteiger partial charge in [0.25, 0.3) is 0 Å². The third-order valence-corrected chi connectivity index (χ3v) is 1.93. The minimum atomic E-state index is -4.81. The van der Waals surface area contributed by atoms with Crippen LogP contribution in [0.15, 0.2) is 10.7 Å². The van der Waals surface area contributed by atoms with Gasteiger partial charge in [0.15, 0.2) is 5.75 Å². The van der Waals surface area contributed by atoms with Gasteiger partial charge in [0.1, 0.15) is 15.4 Å². The Bertz CT molecular complexity index is 358. The summed E-state index contributed by atoms with van der Waals surface area (Å²) in [6, 6.07) is 0.978. The van der Waals surface area contributed by atoms with Crippen LogP contribution >= 0.6 is 27.5 Å². The molecular formula is C6H3BrClF3N2O. The Balaban J connectivity index is 3.09. The zero-order chi connectivity index (χ0) is 10.9. The second kappa shape index (κ2) is 3.82. The minimum absolute atomic E-state index is 0.110. The number of nitrogens with zero attached hydrogens (tertiary/aromatic N) is 1. The lowest BCUT2D eigenvalue weighted by Crippen LogP contribution is -2.17. The van der Waals surface area contributed by atoms with Crippen LogP contribution in [0.1, 0.15) is 0 Å². The van der Waals surface area contributed by atoms with Gasteiger partial charge in [0, 0.05) is 6.07 Å². The third kappa shape index (κ3) is 2.91. The van der Waals surface area contributed by atoms with Gasteiger partial charge < -0.3 is 10.5 Å². The van der Waals surface area contributed by atoms with Crippen molar-refractivity contribution in [1.82, 2.24) is 4.98 Å². The van der Waals surface area contributed by atoms with Gasteiger partial charge in [-0.15, -0.1) is 13.2 Å². The predicted molar refractivity (Wildman–Crippen MR) is 48.0 cm³/mol. The standard InChI is InChI=1S/C6H3BrClF3N2O/c7-3-1-2(14-6(9,10)11)4(8)5(12)13-3/h1H,(H2,12,13). The van der Waals surface area contributed by atoms with E-state index < -0.39 is 12.1 Å². The molecular weight excluding hydrogens is 288 g/mol. The summed E-state index contributed by atoms with van der Waals surface area (Å²) < 4.78 is 39.2. The summed E-state index contributed by atoms with van der Waals surface area (Å²) in [6.07, 6.45) is -4.81. The number of hydrogen-bond acceptors (Lipinski definition) is 3. The summed E-state index contributed by atoms with van der Waals surface area (Å²) in [4.78, 5) is 3.58. The van der Waals surface area contributed by atoms with Crippen LogP contribution in [0.3, 0.4) is 0 Å². The molecule has 1 aromatic rings. The average Bonchev–Trinajstić information content (AvgIpc) is 1.96. The quantitative estimate of drug-likeness (QED) is 0.809. The second-order valence-corrected chi connectivity index (χ2v) is 3.38. The first-order valence-corrected chi connectivity index (χ1v) is 4.34. The molecule has 0 unspecified atom stereocenters. The summed E-state index contributed by atoms with van der Waals surface area (Å²) >= 11 is 8.30. The van der Waals surface area contributed by atoms with Crippen molar-refractivity contribution >= 4 is 33.3 Å². The Morgan fingerprint density at radius 3 is 2.57 bits per heavy atom. The summed E-state index contributed by atoms with van der Waals surface area (Å²) in [7, 11) is 0. The zero-order valence-corrected chi connectivity index (χ0v) is 8.74. The number of hydrogen-bond donors (Lipinski definition) is 1. The second-order valence-electron chi connectivity index (χ2n) is 2.19. The Morgan fingerprint density at radius 1 is 1.50 bits per heavy atom. The van der Waals surface area contributed by atoms with Crippen LogP contribution in [0.2, 0.25) is 5.02 Å². The van der Waals surface area contributed by atoms with Gasteiger partial charge in [-0.25, -0.2) is 4.98 Å². The van der Waals surface area contributed by atoms with E-state index in [2.05, 4.69) is 25.7 Å². The molecule has 1 aromatic heterocycles. The molecule has 0 aliphatic carbocycles. The maximum atomic E-state index is 11.8. The fourth-order valence-electron chi connectivity index (χ4n) is 0.693. The molecule has 0 radical (unpaired) electrons. The van der Waals surface area contributed by atoms with E-state index in [1.54, 1.807) is 0 Å². The molecule has 0 fully saturated rings. The molecule has 8 heteroatoms. The number of rotatable bonds is 1. The van der Waals surface area contributed by atoms with Gasteiger partial charge in [-0.2, -0.15) is 0 Å². The molecule has 14 heavy (non-hydrogen) atoms. The first-order valence-electron chi connectivity index (χ1n) is 3.17.